The highest BCUT2D eigenvalue weighted by atomic mass is 16.5. The Morgan fingerprint density at radius 1 is 1.03 bits per heavy atom. The topological polar surface area (TPSA) is 77.1 Å². The lowest BCUT2D eigenvalue weighted by Crippen LogP contribution is -2.29. The minimum atomic E-state index is -0.444. The molecule has 3 rings (SSSR count). The van der Waals surface area contributed by atoms with Crippen molar-refractivity contribution in [1.82, 2.24) is 0 Å². The van der Waals surface area contributed by atoms with Gasteiger partial charge < -0.3 is 24.4 Å². The van der Waals surface area contributed by atoms with Crippen LogP contribution in [-0.4, -0.2) is 39.7 Å². The van der Waals surface area contributed by atoms with Crippen molar-refractivity contribution in [3.05, 3.63) is 41.5 Å². The van der Waals surface area contributed by atoms with Crippen LogP contribution in [-0.2, 0) is 9.59 Å². The summed E-state index contributed by atoms with van der Waals surface area (Å²) in [6.45, 7) is 4.29. The van der Waals surface area contributed by atoms with E-state index in [-0.39, 0.29) is 18.2 Å². The molecule has 0 spiro atoms. The number of anilines is 2. The van der Waals surface area contributed by atoms with Crippen LogP contribution in [0.3, 0.4) is 0 Å². The summed E-state index contributed by atoms with van der Waals surface area (Å²) >= 11 is 0. The molecule has 1 fully saturated rings. The van der Waals surface area contributed by atoms with E-state index < -0.39 is 5.92 Å². The van der Waals surface area contributed by atoms with Crippen molar-refractivity contribution in [2.45, 2.75) is 20.3 Å². The number of hydrogen-bond acceptors (Lipinski definition) is 5. The molecule has 1 unspecified atom stereocenters. The van der Waals surface area contributed by atoms with Crippen LogP contribution in [0.1, 0.15) is 17.5 Å². The number of carbonyl (C=O) groups excluding carboxylic acids is 2. The fourth-order valence-corrected chi connectivity index (χ4v) is 3.73. The molecule has 7 heteroatoms. The minimum absolute atomic E-state index is 0.0487. The lowest BCUT2D eigenvalue weighted by Gasteiger charge is -2.21. The van der Waals surface area contributed by atoms with Crippen molar-refractivity contribution in [2.75, 3.05) is 38.1 Å². The van der Waals surface area contributed by atoms with E-state index in [2.05, 4.69) is 5.32 Å². The maximum atomic E-state index is 12.9. The Kier molecular flexibility index (Phi) is 5.96. The van der Waals surface area contributed by atoms with Gasteiger partial charge >= 0.3 is 0 Å². The summed E-state index contributed by atoms with van der Waals surface area (Å²) in [6.07, 6.45) is 0.171. The molecule has 0 bridgehead atoms. The third-order valence-corrected chi connectivity index (χ3v) is 5.14. The predicted molar refractivity (Wildman–Crippen MR) is 111 cm³/mol. The van der Waals surface area contributed by atoms with E-state index in [0.717, 1.165) is 16.8 Å². The molecule has 1 heterocycles. The minimum Gasteiger partial charge on any atom is -0.493 e. The zero-order valence-electron chi connectivity index (χ0n) is 17.4. The Labute approximate surface area is 170 Å². The highest BCUT2D eigenvalue weighted by Gasteiger charge is 2.36. The zero-order valence-corrected chi connectivity index (χ0v) is 17.4. The van der Waals surface area contributed by atoms with Crippen molar-refractivity contribution >= 4 is 23.2 Å². The number of methoxy groups -OCH3 is 3. The number of nitrogens with one attached hydrogen (secondary N) is 1. The first kappa shape index (κ1) is 20.5. The number of carbonyl (C=O) groups is 2. The van der Waals surface area contributed by atoms with Gasteiger partial charge in [-0.2, -0.15) is 0 Å². The second kappa shape index (κ2) is 8.43. The Balaban J connectivity index is 1.80. The molecular weight excluding hydrogens is 372 g/mol. The second-order valence-corrected chi connectivity index (χ2v) is 7.05. The molecular formula is C22H26N2O5. The average Bonchev–Trinajstić information content (AvgIpc) is 3.08. The molecule has 7 nitrogen and oxygen atoms in total. The summed E-state index contributed by atoms with van der Waals surface area (Å²) in [5, 5.41) is 2.87. The SMILES string of the molecule is COc1cc(NC(=O)C2CC(=O)N(c3c(C)cccc3C)C2)cc(OC)c1OC. The molecule has 0 aromatic heterocycles. The third-order valence-electron chi connectivity index (χ3n) is 5.14. The first-order chi connectivity index (χ1) is 13.9. The van der Waals surface area contributed by atoms with Gasteiger partial charge in [0.05, 0.1) is 27.2 Å². The van der Waals surface area contributed by atoms with E-state index >= 15 is 0 Å². The van der Waals surface area contributed by atoms with Crippen molar-refractivity contribution in [3.63, 3.8) is 0 Å². The molecule has 1 aliphatic heterocycles. The summed E-state index contributed by atoms with van der Waals surface area (Å²) in [5.74, 6) is 0.628. The van der Waals surface area contributed by atoms with Gasteiger partial charge in [0.1, 0.15) is 0 Å². The van der Waals surface area contributed by atoms with E-state index in [4.69, 9.17) is 14.2 Å². The fourth-order valence-electron chi connectivity index (χ4n) is 3.73. The van der Waals surface area contributed by atoms with E-state index in [0.29, 0.717) is 29.5 Å². The van der Waals surface area contributed by atoms with Gasteiger partial charge in [-0.3, -0.25) is 9.59 Å². The van der Waals surface area contributed by atoms with E-state index in [9.17, 15) is 9.59 Å². The summed E-state index contributed by atoms with van der Waals surface area (Å²) in [4.78, 5) is 27.2. The number of amides is 2. The lowest BCUT2D eigenvalue weighted by molar-refractivity contribution is -0.122. The number of para-hydroxylation sites is 1. The molecule has 2 aromatic rings. The monoisotopic (exact) mass is 398 g/mol. The van der Waals surface area contributed by atoms with E-state index in [1.165, 1.54) is 21.3 Å². The van der Waals surface area contributed by atoms with Crippen LogP contribution >= 0.6 is 0 Å². The maximum absolute atomic E-state index is 12.9. The third kappa shape index (κ3) is 3.99. The van der Waals surface area contributed by atoms with Gasteiger partial charge in [0.15, 0.2) is 11.5 Å². The van der Waals surface area contributed by atoms with Crippen molar-refractivity contribution in [1.29, 1.82) is 0 Å². The van der Waals surface area contributed by atoms with Crippen LogP contribution in [0.15, 0.2) is 30.3 Å². The molecule has 1 N–H and O–H groups in total. The van der Waals surface area contributed by atoms with Gasteiger partial charge in [0.25, 0.3) is 0 Å². The van der Waals surface area contributed by atoms with Gasteiger partial charge in [-0.05, 0) is 25.0 Å². The fraction of sp³-hybridized carbons (Fsp3) is 0.364. The first-order valence-corrected chi connectivity index (χ1v) is 9.37. The molecule has 0 saturated carbocycles. The second-order valence-electron chi connectivity index (χ2n) is 7.05. The molecule has 0 radical (unpaired) electrons. The number of benzene rings is 2. The van der Waals surface area contributed by atoms with Gasteiger partial charge in [0.2, 0.25) is 17.6 Å². The predicted octanol–water partition coefficient (Wildman–Crippen LogP) is 3.32. The van der Waals surface area contributed by atoms with Crippen LogP contribution < -0.4 is 24.4 Å². The normalized spacial score (nSPS) is 16.0. The highest BCUT2D eigenvalue weighted by molar-refractivity contribution is 6.04. The Morgan fingerprint density at radius 2 is 1.62 bits per heavy atom. The maximum Gasteiger partial charge on any atom is 0.229 e. The number of nitrogens with zero attached hydrogens (tertiary/aromatic N) is 1. The molecule has 2 amide bonds. The molecule has 1 atom stereocenters. The van der Waals surface area contributed by atoms with Crippen molar-refractivity contribution in [2.24, 2.45) is 5.92 Å². The zero-order chi connectivity index (χ0) is 21.1. The molecule has 2 aromatic carbocycles. The van der Waals surface area contributed by atoms with E-state index in [1.807, 2.05) is 32.0 Å². The Morgan fingerprint density at radius 3 is 2.14 bits per heavy atom. The van der Waals surface area contributed by atoms with Gasteiger partial charge in [-0.25, -0.2) is 0 Å². The number of rotatable bonds is 6. The van der Waals surface area contributed by atoms with Crippen LogP contribution in [0.25, 0.3) is 0 Å². The van der Waals surface area contributed by atoms with Crippen LogP contribution in [0.5, 0.6) is 17.2 Å². The summed E-state index contributed by atoms with van der Waals surface area (Å²) < 4.78 is 16.0. The lowest BCUT2D eigenvalue weighted by atomic mass is 10.1. The van der Waals surface area contributed by atoms with Crippen LogP contribution in [0.2, 0.25) is 0 Å². The van der Waals surface area contributed by atoms with Crippen LogP contribution in [0, 0.1) is 19.8 Å². The summed E-state index contributed by atoms with van der Waals surface area (Å²) in [7, 11) is 4.55. The molecule has 0 aliphatic carbocycles. The van der Waals surface area contributed by atoms with Gasteiger partial charge in [-0.15, -0.1) is 0 Å². The molecule has 29 heavy (non-hydrogen) atoms. The van der Waals surface area contributed by atoms with Gasteiger partial charge in [0, 0.05) is 36.5 Å². The van der Waals surface area contributed by atoms with Crippen molar-refractivity contribution in [3.8, 4) is 17.2 Å². The molecule has 154 valence electrons. The Hall–Kier alpha value is -3.22. The number of aryl methyl sites for hydroxylation is 2. The van der Waals surface area contributed by atoms with Crippen molar-refractivity contribution < 1.29 is 23.8 Å². The quantitative estimate of drug-likeness (QED) is 0.808. The van der Waals surface area contributed by atoms with Crippen LogP contribution in [0.4, 0.5) is 11.4 Å². The number of hydrogen-bond donors (Lipinski definition) is 1. The largest absolute Gasteiger partial charge is 0.493 e. The summed E-state index contributed by atoms with van der Waals surface area (Å²) in [5.41, 5.74) is 3.44. The number of ether oxygens (including phenoxy) is 3. The molecule has 1 saturated heterocycles. The summed E-state index contributed by atoms with van der Waals surface area (Å²) in [6, 6.07) is 9.24. The Bertz CT molecular complexity index is 896. The standard InChI is InChI=1S/C22H26N2O5/c1-13-7-6-8-14(2)20(13)24-12-15(9-19(24)25)22(26)23-16-10-17(27-3)21(29-5)18(11-16)28-4/h6-8,10-11,15H,9,12H2,1-5H3,(H,23,26). The average molecular weight is 398 g/mol. The smallest absolute Gasteiger partial charge is 0.229 e. The van der Waals surface area contributed by atoms with Gasteiger partial charge in [-0.1, -0.05) is 18.2 Å². The first-order valence-electron chi connectivity index (χ1n) is 9.37. The van der Waals surface area contributed by atoms with E-state index in [1.54, 1.807) is 17.0 Å². The highest BCUT2D eigenvalue weighted by Crippen LogP contribution is 2.40. The molecule has 1 aliphatic rings.